The Morgan fingerprint density at radius 1 is 1.24 bits per heavy atom. The summed E-state index contributed by atoms with van der Waals surface area (Å²) < 4.78 is 0. The van der Waals surface area contributed by atoms with Gasteiger partial charge in [-0.15, -0.1) is 0 Å². The van der Waals surface area contributed by atoms with Gasteiger partial charge in [-0.2, -0.15) is 5.06 Å². The number of rotatable bonds is 3. The number of hydrogen-bond acceptors (Lipinski definition) is 3. The topological polar surface area (TPSA) is 43.8 Å². The van der Waals surface area contributed by atoms with Crippen LogP contribution in [0.1, 0.15) is 18.1 Å². The molecule has 2 aromatic rings. The lowest BCUT2D eigenvalue weighted by Gasteiger charge is -2.20. The molecule has 21 heavy (non-hydrogen) atoms. The molecular formula is C17H18N2O2. The predicted octanol–water partition coefficient (Wildman–Crippen LogP) is 2.99. The number of carbonyl (C=O) groups is 1. The second-order valence-corrected chi connectivity index (χ2v) is 5.30. The van der Waals surface area contributed by atoms with Crippen molar-refractivity contribution in [3.63, 3.8) is 0 Å². The fourth-order valence-corrected chi connectivity index (χ4v) is 2.74. The highest BCUT2D eigenvalue weighted by Crippen LogP contribution is 2.32. The van der Waals surface area contributed by atoms with Crippen LogP contribution in [0.3, 0.4) is 0 Å². The Balaban J connectivity index is 1.82. The van der Waals surface area contributed by atoms with Crippen LogP contribution in [0.5, 0.6) is 0 Å². The Kier molecular flexibility index (Phi) is 3.62. The highest BCUT2D eigenvalue weighted by Gasteiger charge is 2.20. The summed E-state index contributed by atoms with van der Waals surface area (Å²) in [6.07, 6.45) is 0.932. The summed E-state index contributed by atoms with van der Waals surface area (Å²) in [5.41, 5.74) is 4.16. The van der Waals surface area contributed by atoms with Gasteiger partial charge in [-0.3, -0.25) is 10.0 Å². The highest BCUT2D eigenvalue weighted by atomic mass is 16.5. The normalized spacial score (nSPS) is 13.1. The van der Waals surface area contributed by atoms with Gasteiger partial charge in [-0.25, -0.2) is 0 Å². The van der Waals surface area contributed by atoms with Crippen molar-refractivity contribution in [1.29, 1.82) is 0 Å². The summed E-state index contributed by atoms with van der Waals surface area (Å²) in [5, 5.41) is 10.4. The lowest BCUT2D eigenvalue weighted by molar-refractivity contribution is -0.121. The minimum atomic E-state index is -0.380. The maximum atomic E-state index is 11.2. The largest absolute Gasteiger partial charge is 0.367 e. The Morgan fingerprint density at radius 2 is 2.00 bits per heavy atom. The molecule has 1 N–H and O–H groups in total. The predicted molar refractivity (Wildman–Crippen MR) is 82.6 cm³/mol. The molecular weight excluding hydrogens is 264 g/mol. The van der Waals surface area contributed by atoms with E-state index in [1.165, 1.54) is 23.7 Å². The van der Waals surface area contributed by atoms with Crippen molar-refractivity contribution in [2.45, 2.75) is 19.9 Å². The molecule has 0 unspecified atom stereocenters. The maximum absolute atomic E-state index is 11.2. The van der Waals surface area contributed by atoms with Crippen LogP contribution in [0.15, 0.2) is 48.5 Å². The highest BCUT2D eigenvalue weighted by molar-refractivity contribution is 5.89. The standard InChI is InChI=1S/C17H18N2O2/c1-13(20)19(21)16-7-8-17-15(11-16)9-10-18(17)12-14-5-3-2-4-6-14/h2-8,11,21H,9-10,12H2,1H3. The van der Waals surface area contributed by atoms with Crippen LogP contribution in [0.2, 0.25) is 0 Å². The van der Waals surface area contributed by atoms with E-state index >= 15 is 0 Å². The van der Waals surface area contributed by atoms with E-state index < -0.39 is 0 Å². The summed E-state index contributed by atoms with van der Waals surface area (Å²) in [6.45, 7) is 3.18. The molecule has 0 saturated heterocycles. The first kappa shape index (κ1) is 13.6. The number of benzene rings is 2. The Hall–Kier alpha value is -2.33. The summed E-state index contributed by atoms with van der Waals surface area (Å²) in [5.74, 6) is -0.380. The zero-order valence-electron chi connectivity index (χ0n) is 12.0. The van der Waals surface area contributed by atoms with E-state index in [0.29, 0.717) is 10.8 Å². The third-order valence-electron chi connectivity index (χ3n) is 3.81. The molecule has 1 aliphatic rings. The summed E-state index contributed by atoms with van der Waals surface area (Å²) >= 11 is 0. The van der Waals surface area contributed by atoms with Crippen LogP contribution < -0.4 is 9.96 Å². The van der Waals surface area contributed by atoms with Gasteiger partial charge in [0, 0.05) is 25.7 Å². The fourth-order valence-electron chi connectivity index (χ4n) is 2.74. The van der Waals surface area contributed by atoms with Crippen molar-refractivity contribution < 1.29 is 10.0 Å². The van der Waals surface area contributed by atoms with E-state index in [4.69, 9.17) is 0 Å². The van der Waals surface area contributed by atoms with Crippen molar-refractivity contribution in [3.8, 4) is 0 Å². The molecule has 1 amide bonds. The lowest BCUT2D eigenvalue weighted by Crippen LogP contribution is -2.23. The number of nitrogens with zero attached hydrogens (tertiary/aromatic N) is 2. The van der Waals surface area contributed by atoms with Gasteiger partial charge >= 0.3 is 0 Å². The molecule has 0 aliphatic carbocycles. The first-order chi connectivity index (χ1) is 10.1. The van der Waals surface area contributed by atoms with Crippen molar-refractivity contribution in [1.82, 2.24) is 0 Å². The molecule has 2 aromatic carbocycles. The van der Waals surface area contributed by atoms with Crippen LogP contribution in [0.4, 0.5) is 11.4 Å². The zero-order chi connectivity index (χ0) is 14.8. The number of hydrogen-bond donors (Lipinski definition) is 1. The Labute approximate surface area is 124 Å². The van der Waals surface area contributed by atoms with Gasteiger partial charge in [0.2, 0.25) is 5.91 Å². The number of carbonyl (C=O) groups excluding carboxylic acids is 1. The minimum Gasteiger partial charge on any atom is -0.367 e. The molecule has 0 bridgehead atoms. The van der Waals surface area contributed by atoms with Crippen molar-refractivity contribution in [3.05, 3.63) is 59.7 Å². The van der Waals surface area contributed by atoms with Crippen molar-refractivity contribution >= 4 is 17.3 Å². The van der Waals surface area contributed by atoms with Crippen LogP contribution in [0.25, 0.3) is 0 Å². The molecule has 3 rings (SSSR count). The van der Waals surface area contributed by atoms with E-state index in [0.717, 1.165) is 19.5 Å². The van der Waals surface area contributed by atoms with E-state index in [1.54, 1.807) is 6.07 Å². The molecule has 0 aromatic heterocycles. The average Bonchev–Trinajstić information content (AvgIpc) is 2.90. The van der Waals surface area contributed by atoms with Gasteiger partial charge in [0.05, 0.1) is 5.69 Å². The molecule has 0 saturated carbocycles. The Morgan fingerprint density at radius 3 is 2.71 bits per heavy atom. The summed E-state index contributed by atoms with van der Waals surface area (Å²) in [7, 11) is 0. The first-order valence-corrected chi connectivity index (χ1v) is 7.06. The molecule has 0 fully saturated rings. The van der Waals surface area contributed by atoms with Crippen LogP contribution in [0, 0.1) is 0 Å². The Bertz CT molecular complexity index is 655. The van der Waals surface area contributed by atoms with Gasteiger partial charge < -0.3 is 4.90 Å². The monoisotopic (exact) mass is 282 g/mol. The average molecular weight is 282 g/mol. The molecule has 0 atom stereocenters. The van der Waals surface area contributed by atoms with Crippen LogP contribution in [-0.4, -0.2) is 17.7 Å². The second kappa shape index (κ2) is 5.58. The van der Waals surface area contributed by atoms with Gasteiger partial charge in [0.1, 0.15) is 0 Å². The molecule has 4 nitrogen and oxygen atoms in total. The molecule has 4 heteroatoms. The van der Waals surface area contributed by atoms with Gasteiger partial charge in [-0.1, -0.05) is 30.3 Å². The zero-order valence-corrected chi connectivity index (χ0v) is 12.0. The minimum absolute atomic E-state index is 0.380. The van der Waals surface area contributed by atoms with Gasteiger partial charge in [-0.05, 0) is 35.7 Å². The number of amides is 1. The van der Waals surface area contributed by atoms with E-state index in [9.17, 15) is 10.0 Å². The quantitative estimate of drug-likeness (QED) is 0.695. The van der Waals surface area contributed by atoms with Crippen molar-refractivity contribution in [2.75, 3.05) is 16.5 Å². The number of anilines is 2. The fraction of sp³-hybridized carbons (Fsp3) is 0.235. The van der Waals surface area contributed by atoms with Crippen molar-refractivity contribution in [2.24, 2.45) is 0 Å². The van der Waals surface area contributed by atoms with Gasteiger partial charge in [0.15, 0.2) is 0 Å². The molecule has 1 heterocycles. The third-order valence-corrected chi connectivity index (χ3v) is 3.81. The van der Waals surface area contributed by atoms with E-state index in [1.807, 2.05) is 30.3 Å². The summed E-state index contributed by atoms with van der Waals surface area (Å²) in [4.78, 5) is 13.5. The molecule has 0 spiro atoms. The van der Waals surface area contributed by atoms with Gasteiger partial charge in [0.25, 0.3) is 0 Å². The molecule has 108 valence electrons. The second-order valence-electron chi connectivity index (χ2n) is 5.30. The SMILES string of the molecule is CC(=O)N(O)c1ccc2c(c1)CCN2Cc1ccccc1. The number of hydroxylamine groups is 1. The lowest BCUT2D eigenvalue weighted by atomic mass is 10.1. The van der Waals surface area contributed by atoms with E-state index in [2.05, 4.69) is 17.0 Å². The van der Waals surface area contributed by atoms with E-state index in [-0.39, 0.29) is 5.91 Å². The summed E-state index contributed by atoms with van der Waals surface area (Å²) in [6, 6.07) is 16.0. The number of fused-ring (bicyclic) bond motifs is 1. The molecule has 1 aliphatic heterocycles. The van der Waals surface area contributed by atoms with Crippen LogP contribution in [-0.2, 0) is 17.8 Å². The molecule has 0 radical (unpaired) electrons. The van der Waals surface area contributed by atoms with Crippen LogP contribution >= 0.6 is 0 Å². The first-order valence-electron chi connectivity index (χ1n) is 7.06. The third kappa shape index (κ3) is 2.76. The smallest absolute Gasteiger partial charge is 0.247 e. The maximum Gasteiger partial charge on any atom is 0.247 e.